The maximum atomic E-state index is 16.0. The van der Waals surface area contributed by atoms with Gasteiger partial charge >= 0.3 is 17.8 Å². The molecular weight excluding hydrogens is 638 g/mol. The lowest BCUT2D eigenvalue weighted by Gasteiger charge is -2.26. The summed E-state index contributed by atoms with van der Waals surface area (Å²) in [7, 11) is -9.26. The number of hydrogen-bond acceptors (Lipinski definition) is 4. The first-order valence-corrected chi connectivity index (χ1v) is 16.8. The van der Waals surface area contributed by atoms with E-state index in [0.29, 0.717) is 22.3 Å². The van der Waals surface area contributed by atoms with Crippen LogP contribution in [-0.4, -0.2) is 34.6 Å². The Kier molecular flexibility index (Phi) is 7.19. The van der Waals surface area contributed by atoms with Gasteiger partial charge in [0.1, 0.15) is 0 Å². The quantitative estimate of drug-likeness (QED) is 0.306. The van der Waals surface area contributed by atoms with Crippen LogP contribution >= 0.6 is 0 Å². The van der Waals surface area contributed by atoms with Crippen LogP contribution in [0.1, 0.15) is 61.1 Å². The minimum absolute atomic E-state index is 0.138. The van der Waals surface area contributed by atoms with Crippen LogP contribution in [-0.2, 0) is 19.7 Å². The molecule has 3 aliphatic rings. The van der Waals surface area contributed by atoms with Crippen molar-refractivity contribution in [2.24, 2.45) is 0 Å². The molecule has 0 radical (unpaired) electrons. The second-order valence-corrected chi connectivity index (χ2v) is 15.8. The van der Waals surface area contributed by atoms with Crippen LogP contribution in [0.15, 0.2) is 79.6 Å². The highest BCUT2D eigenvalue weighted by Gasteiger charge is 2.81. The van der Waals surface area contributed by atoms with Gasteiger partial charge < -0.3 is 0 Å². The van der Waals surface area contributed by atoms with Crippen molar-refractivity contribution >= 4 is 29.5 Å². The Morgan fingerprint density at radius 2 is 0.756 bits per heavy atom. The van der Waals surface area contributed by atoms with E-state index in [2.05, 4.69) is 0 Å². The zero-order valence-corrected chi connectivity index (χ0v) is 27.3. The fourth-order valence-corrected chi connectivity index (χ4v) is 10.7. The van der Waals surface area contributed by atoms with Crippen molar-refractivity contribution in [3.8, 4) is 0 Å². The summed E-state index contributed by atoms with van der Waals surface area (Å²) in [5.41, 5.74) is -4.58. The van der Waals surface area contributed by atoms with Crippen molar-refractivity contribution in [1.29, 1.82) is 0 Å². The highest BCUT2D eigenvalue weighted by molar-refractivity contribution is 8.04. The smallest absolute Gasteiger partial charge is 0.219 e. The first-order chi connectivity index (χ1) is 20.5. The summed E-state index contributed by atoms with van der Waals surface area (Å²) in [6.07, 6.45) is 0. The number of alkyl halides is 6. The molecule has 0 amide bonds. The Morgan fingerprint density at radius 1 is 0.489 bits per heavy atom. The molecular formula is C33H30F6O4S2. The van der Waals surface area contributed by atoms with Crippen LogP contribution in [0, 0.1) is 27.7 Å². The van der Waals surface area contributed by atoms with Crippen LogP contribution in [0.3, 0.4) is 0 Å². The van der Waals surface area contributed by atoms with Gasteiger partial charge in [-0.1, -0.05) is 36.4 Å². The Hall–Kier alpha value is -3.38. The summed E-state index contributed by atoms with van der Waals surface area (Å²) in [6.45, 7) is 10.3. The van der Waals surface area contributed by atoms with E-state index in [4.69, 9.17) is 0 Å². The van der Waals surface area contributed by atoms with E-state index < -0.39 is 90.5 Å². The Morgan fingerprint density at radius 3 is 1.02 bits per heavy atom. The predicted molar refractivity (Wildman–Crippen MR) is 162 cm³/mol. The van der Waals surface area contributed by atoms with Crippen LogP contribution < -0.4 is 0 Å². The molecule has 0 fully saturated rings. The third kappa shape index (κ3) is 4.03. The minimum Gasteiger partial charge on any atom is -0.219 e. The average molecular weight is 669 g/mol. The highest BCUT2D eigenvalue weighted by Crippen LogP contribution is 2.66. The topological polar surface area (TPSA) is 68.3 Å². The maximum Gasteiger partial charge on any atom is 0.380 e. The van der Waals surface area contributed by atoms with Crippen LogP contribution in [0.4, 0.5) is 26.3 Å². The van der Waals surface area contributed by atoms with E-state index in [0.717, 1.165) is 27.7 Å². The molecule has 5 rings (SSSR count). The molecule has 2 aromatic carbocycles. The molecule has 0 N–H and O–H groups in total. The monoisotopic (exact) mass is 668 g/mol. The van der Waals surface area contributed by atoms with E-state index in [1.54, 1.807) is 64.1 Å². The van der Waals surface area contributed by atoms with Crippen molar-refractivity contribution in [1.82, 2.24) is 0 Å². The molecule has 0 atom stereocenters. The summed E-state index contributed by atoms with van der Waals surface area (Å²) in [6, 6.07) is 9.57. The zero-order chi connectivity index (χ0) is 34.0. The number of halogens is 6. The van der Waals surface area contributed by atoms with E-state index >= 15 is 26.3 Å². The lowest BCUT2D eigenvalue weighted by molar-refractivity contribution is -0.263. The predicted octanol–water partition coefficient (Wildman–Crippen LogP) is 8.70. The molecule has 2 aromatic rings. The Labute approximate surface area is 258 Å². The average Bonchev–Trinajstić information content (AvgIpc) is 3.23. The molecule has 4 nitrogen and oxygen atoms in total. The second-order valence-electron chi connectivity index (χ2n) is 11.8. The Balaban J connectivity index is 1.98. The van der Waals surface area contributed by atoms with Crippen LogP contribution in [0.2, 0.25) is 0 Å². The molecule has 0 saturated heterocycles. The largest absolute Gasteiger partial charge is 0.380 e. The van der Waals surface area contributed by atoms with Gasteiger partial charge in [0.2, 0.25) is 19.7 Å². The van der Waals surface area contributed by atoms with Crippen LogP contribution in [0.5, 0.6) is 0 Å². The van der Waals surface area contributed by atoms with Gasteiger partial charge in [-0.3, -0.25) is 0 Å². The fraction of sp³-hybridized carbons (Fsp3) is 0.333. The summed E-state index contributed by atoms with van der Waals surface area (Å²) in [5, 5.41) is 0. The van der Waals surface area contributed by atoms with Crippen molar-refractivity contribution in [3.05, 3.63) is 113 Å². The molecule has 240 valence electrons. The first-order valence-electron chi connectivity index (χ1n) is 13.9. The Bertz CT molecular complexity index is 1940. The molecule has 0 unspecified atom stereocenters. The van der Waals surface area contributed by atoms with Crippen molar-refractivity contribution < 1.29 is 43.2 Å². The van der Waals surface area contributed by atoms with Gasteiger partial charge in [0.25, 0.3) is 0 Å². The third-order valence-corrected chi connectivity index (χ3v) is 13.2. The molecule has 1 aliphatic carbocycles. The molecule has 0 bridgehead atoms. The number of hydrogen-bond donors (Lipinski definition) is 0. The summed E-state index contributed by atoms with van der Waals surface area (Å²) >= 11 is 0. The fourth-order valence-electron chi connectivity index (χ4n) is 6.84. The minimum atomic E-state index is -6.03. The normalized spacial score (nSPS) is 23.2. The molecule has 2 heterocycles. The van der Waals surface area contributed by atoms with Gasteiger partial charge in [-0.2, -0.15) is 26.3 Å². The number of benzene rings is 2. The first kappa shape index (κ1) is 33.0. The van der Waals surface area contributed by atoms with Gasteiger partial charge in [0.15, 0.2) is 0 Å². The molecule has 0 saturated carbocycles. The molecule has 2 aliphatic heterocycles. The maximum absolute atomic E-state index is 16.0. The summed E-state index contributed by atoms with van der Waals surface area (Å²) in [5.74, 6) is -17.2. The summed E-state index contributed by atoms with van der Waals surface area (Å²) in [4.78, 5) is -2.54. The van der Waals surface area contributed by atoms with Crippen molar-refractivity contribution in [3.63, 3.8) is 0 Å². The van der Waals surface area contributed by atoms with E-state index in [1.165, 1.54) is 0 Å². The van der Waals surface area contributed by atoms with Gasteiger partial charge in [-0.05, 0) is 99.9 Å². The van der Waals surface area contributed by atoms with Crippen LogP contribution in [0.25, 0.3) is 9.81 Å². The lowest BCUT2D eigenvalue weighted by Crippen LogP contribution is -2.49. The molecule has 0 spiro atoms. The summed E-state index contributed by atoms with van der Waals surface area (Å²) < 4.78 is 150. The van der Waals surface area contributed by atoms with Gasteiger partial charge in [0, 0.05) is 22.3 Å². The third-order valence-electron chi connectivity index (χ3n) is 9.06. The second kappa shape index (κ2) is 9.81. The number of allylic oxidation sites excluding steroid dienone is 8. The number of aryl methyl sites for hydroxylation is 4. The number of rotatable bonds is 4. The molecule has 45 heavy (non-hydrogen) atoms. The zero-order valence-electron chi connectivity index (χ0n) is 25.7. The standard InChI is InChI=1S/C33H30F6O4S2/c1-15-11-9-12-16(2)23(15)29-19(5)25(21(7)44(29,40)41)27-28(32(36,37)33(38,39)31(27,34)35)26-20(6)30(45(42,43)22(26)8)24-17(3)13-10-14-18(24)4/h9-14H,1-8H3. The number of sulfone groups is 2. The van der Waals surface area contributed by atoms with Crippen molar-refractivity contribution in [2.75, 3.05) is 0 Å². The van der Waals surface area contributed by atoms with E-state index in [1.807, 2.05) is 0 Å². The van der Waals surface area contributed by atoms with Gasteiger partial charge in [0.05, 0.1) is 19.6 Å². The molecule has 12 heteroatoms. The highest BCUT2D eigenvalue weighted by atomic mass is 32.2. The van der Waals surface area contributed by atoms with Gasteiger partial charge in [-0.25, -0.2) is 16.8 Å². The molecule has 0 aromatic heterocycles. The van der Waals surface area contributed by atoms with Gasteiger partial charge in [-0.15, -0.1) is 0 Å². The van der Waals surface area contributed by atoms with E-state index in [-0.39, 0.29) is 11.1 Å². The van der Waals surface area contributed by atoms with E-state index in [9.17, 15) is 16.8 Å². The SMILES string of the molecule is CC1=C(c2c(C)cccc2C)S(=O)(=O)C(C)=C1C1=C(C2=C(C)S(=O)(=O)C(c3c(C)cccc3C)=C2C)C(F)(F)C(F)(F)C1(F)F. The lowest BCUT2D eigenvalue weighted by atomic mass is 9.86. The van der Waals surface area contributed by atoms with Crippen molar-refractivity contribution in [2.45, 2.75) is 73.2 Å².